The summed E-state index contributed by atoms with van der Waals surface area (Å²) in [5.74, 6) is 0.675. The van der Waals surface area contributed by atoms with Crippen LogP contribution < -0.4 is 16.0 Å². The van der Waals surface area contributed by atoms with Gasteiger partial charge in [0.15, 0.2) is 0 Å². The van der Waals surface area contributed by atoms with Crippen LogP contribution in [0.15, 0.2) is 18.5 Å². The maximum Gasteiger partial charge on any atom is 0.257 e. The second kappa shape index (κ2) is 6.16. The molecule has 3 N–H and O–H groups in total. The van der Waals surface area contributed by atoms with Gasteiger partial charge in [-0.1, -0.05) is 0 Å². The third-order valence-electron chi connectivity index (χ3n) is 2.75. The predicted molar refractivity (Wildman–Crippen MR) is 78.2 cm³/mol. The molecular formula is C12H18N8O. The Morgan fingerprint density at radius 3 is 2.71 bits per heavy atom. The summed E-state index contributed by atoms with van der Waals surface area (Å²) < 4.78 is 1.52. The van der Waals surface area contributed by atoms with E-state index in [1.54, 1.807) is 30.4 Å². The van der Waals surface area contributed by atoms with Crippen molar-refractivity contribution in [1.29, 1.82) is 0 Å². The van der Waals surface area contributed by atoms with Crippen LogP contribution >= 0.6 is 0 Å². The highest BCUT2D eigenvalue weighted by Crippen LogP contribution is 2.15. The number of rotatable bonds is 6. The molecule has 0 saturated carbocycles. The van der Waals surface area contributed by atoms with E-state index in [4.69, 9.17) is 5.73 Å². The predicted octanol–water partition coefficient (Wildman–Crippen LogP) is -0.201. The van der Waals surface area contributed by atoms with Crippen molar-refractivity contribution >= 4 is 17.8 Å². The second-order valence-electron chi connectivity index (χ2n) is 4.65. The molecule has 0 spiro atoms. The Hall–Kier alpha value is -2.71. The molecule has 0 bridgehead atoms. The molecule has 0 saturated heterocycles. The SMILES string of the molecule is CNc1nc(N(CC(N)=O)C(C)C)nc(-n2cccn2)n1. The summed E-state index contributed by atoms with van der Waals surface area (Å²) >= 11 is 0. The summed E-state index contributed by atoms with van der Waals surface area (Å²) in [6.07, 6.45) is 3.36. The Morgan fingerprint density at radius 1 is 1.43 bits per heavy atom. The molecule has 112 valence electrons. The van der Waals surface area contributed by atoms with Gasteiger partial charge in [-0.15, -0.1) is 0 Å². The quantitative estimate of drug-likeness (QED) is 0.757. The van der Waals surface area contributed by atoms with E-state index in [9.17, 15) is 4.79 Å². The number of anilines is 2. The van der Waals surface area contributed by atoms with Gasteiger partial charge in [0.1, 0.15) is 0 Å². The molecule has 9 nitrogen and oxygen atoms in total. The number of hydrogen-bond acceptors (Lipinski definition) is 7. The highest BCUT2D eigenvalue weighted by atomic mass is 16.1. The van der Waals surface area contributed by atoms with E-state index in [-0.39, 0.29) is 12.6 Å². The zero-order valence-electron chi connectivity index (χ0n) is 12.2. The number of nitrogens with zero attached hydrogens (tertiary/aromatic N) is 6. The maximum absolute atomic E-state index is 11.2. The minimum atomic E-state index is -0.448. The first-order valence-corrected chi connectivity index (χ1v) is 6.50. The summed E-state index contributed by atoms with van der Waals surface area (Å²) in [5, 5.41) is 6.96. The lowest BCUT2D eigenvalue weighted by Gasteiger charge is -2.25. The van der Waals surface area contributed by atoms with Crippen LogP contribution in [0.1, 0.15) is 13.8 Å². The normalized spacial score (nSPS) is 10.7. The third kappa shape index (κ3) is 3.44. The summed E-state index contributed by atoms with van der Waals surface area (Å²) in [7, 11) is 1.71. The molecule has 0 aliphatic heterocycles. The Kier molecular flexibility index (Phi) is 4.31. The molecule has 1 amide bonds. The van der Waals surface area contributed by atoms with Crippen molar-refractivity contribution in [3.05, 3.63) is 18.5 Å². The van der Waals surface area contributed by atoms with Gasteiger partial charge in [0.05, 0.1) is 6.54 Å². The molecule has 0 fully saturated rings. The van der Waals surface area contributed by atoms with Gasteiger partial charge in [-0.2, -0.15) is 20.1 Å². The van der Waals surface area contributed by atoms with E-state index < -0.39 is 5.91 Å². The van der Waals surface area contributed by atoms with Gasteiger partial charge in [-0.25, -0.2) is 4.68 Å². The van der Waals surface area contributed by atoms with E-state index in [0.29, 0.717) is 17.8 Å². The van der Waals surface area contributed by atoms with Gasteiger partial charge < -0.3 is 16.0 Å². The molecular weight excluding hydrogens is 272 g/mol. The van der Waals surface area contributed by atoms with Crippen LogP contribution in [-0.4, -0.2) is 50.3 Å². The second-order valence-corrected chi connectivity index (χ2v) is 4.65. The number of aromatic nitrogens is 5. The highest BCUT2D eigenvalue weighted by Gasteiger charge is 2.18. The van der Waals surface area contributed by atoms with Gasteiger partial charge >= 0.3 is 0 Å². The van der Waals surface area contributed by atoms with Gasteiger partial charge in [0.25, 0.3) is 5.95 Å². The van der Waals surface area contributed by atoms with Crippen molar-refractivity contribution in [2.75, 3.05) is 23.8 Å². The molecule has 0 aliphatic carbocycles. The van der Waals surface area contributed by atoms with Gasteiger partial charge in [0, 0.05) is 25.5 Å². The third-order valence-corrected chi connectivity index (χ3v) is 2.75. The van der Waals surface area contributed by atoms with Crippen molar-refractivity contribution in [3.63, 3.8) is 0 Å². The van der Waals surface area contributed by atoms with Gasteiger partial charge in [-0.05, 0) is 19.9 Å². The van der Waals surface area contributed by atoms with Crippen molar-refractivity contribution in [2.45, 2.75) is 19.9 Å². The number of nitrogens with two attached hydrogens (primary N) is 1. The maximum atomic E-state index is 11.2. The molecule has 2 aromatic rings. The fourth-order valence-electron chi connectivity index (χ4n) is 1.74. The Morgan fingerprint density at radius 2 is 2.19 bits per heavy atom. The molecule has 0 radical (unpaired) electrons. The molecule has 0 unspecified atom stereocenters. The van der Waals surface area contributed by atoms with Crippen LogP contribution in [0.25, 0.3) is 5.95 Å². The lowest BCUT2D eigenvalue weighted by molar-refractivity contribution is -0.116. The lowest BCUT2D eigenvalue weighted by atomic mass is 10.3. The number of carbonyl (C=O) groups excluding carboxylic acids is 1. The molecule has 0 atom stereocenters. The molecule has 0 aliphatic rings. The number of amides is 1. The van der Waals surface area contributed by atoms with Crippen molar-refractivity contribution in [1.82, 2.24) is 24.7 Å². The monoisotopic (exact) mass is 290 g/mol. The van der Waals surface area contributed by atoms with Crippen LogP contribution in [0, 0.1) is 0 Å². The van der Waals surface area contributed by atoms with Crippen molar-refractivity contribution < 1.29 is 4.79 Å². The summed E-state index contributed by atoms with van der Waals surface area (Å²) in [4.78, 5) is 25.8. The van der Waals surface area contributed by atoms with E-state index in [0.717, 1.165) is 0 Å². The fraction of sp³-hybridized carbons (Fsp3) is 0.417. The molecule has 21 heavy (non-hydrogen) atoms. The topological polar surface area (TPSA) is 115 Å². The molecule has 0 aromatic carbocycles. The first-order valence-electron chi connectivity index (χ1n) is 6.50. The summed E-state index contributed by atoms with van der Waals surface area (Å²) in [6, 6.07) is 1.78. The van der Waals surface area contributed by atoms with E-state index in [1.807, 2.05) is 13.8 Å². The molecule has 2 rings (SSSR count). The smallest absolute Gasteiger partial charge is 0.257 e. The van der Waals surface area contributed by atoms with Crippen molar-refractivity contribution in [3.8, 4) is 5.95 Å². The molecule has 2 aromatic heterocycles. The van der Waals surface area contributed by atoms with E-state index in [1.165, 1.54) is 4.68 Å². The largest absolute Gasteiger partial charge is 0.368 e. The number of primary amides is 1. The number of carbonyl (C=O) groups is 1. The van der Waals surface area contributed by atoms with Crippen molar-refractivity contribution in [2.24, 2.45) is 5.73 Å². The molecule has 9 heteroatoms. The minimum absolute atomic E-state index is 0.00933. The van der Waals surface area contributed by atoms with Crippen LogP contribution in [0.2, 0.25) is 0 Å². The van der Waals surface area contributed by atoms with Crippen LogP contribution in [0.3, 0.4) is 0 Å². The first-order chi connectivity index (χ1) is 10.0. The standard InChI is InChI=1S/C12H18N8O/c1-8(2)19(7-9(13)21)11-16-10(14-3)17-12(18-11)20-6-4-5-15-20/h4-6,8H,7H2,1-3H3,(H2,13,21)(H,14,16,17,18). The van der Waals surface area contributed by atoms with Crippen LogP contribution in [0.5, 0.6) is 0 Å². The minimum Gasteiger partial charge on any atom is -0.368 e. The van der Waals surface area contributed by atoms with E-state index in [2.05, 4.69) is 25.4 Å². The average Bonchev–Trinajstić information content (AvgIpc) is 2.98. The first kappa shape index (κ1) is 14.7. The fourth-order valence-corrected chi connectivity index (χ4v) is 1.74. The lowest BCUT2D eigenvalue weighted by Crippen LogP contribution is -2.40. The van der Waals surface area contributed by atoms with Gasteiger partial charge in [0.2, 0.25) is 17.8 Å². The number of nitrogens with one attached hydrogen (secondary N) is 1. The Labute approximate surface area is 122 Å². The zero-order valence-corrected chi connectivity index (χ0v) is 12.2. The van der Waals surface area contributed by atoms with E-state index >= 15 is 0 Å². The Balaban J connectivity index is 2.46. The van der Waals surface area contributed by atoms with Gasteiger partial charge in [-0.3, -0.25) is 4.79 Å². The van der Waals surface area contributed by atoms with Crippen LogP contribution in [-0.2, 0) is 4.79 Å². The Bertz CT molecular complexity index is 610. The number of hydrogen-bond donors (Lipinski definition) is 2. The average molecular weight is 290 g/mol. The molecule has 2 heterocycles. The summed E-state index contributed by atoms with van der Waals surface area (Å²) in [5.41, 5.74) is 5.29. The van der Waals surface area contributed by atoms with Crippen LogP contribution in [0.4, 0.5) is 11.9 Å². The zero-order chi connectivity index (χ0) is 15.4. The highest BCUT2D eigenvalue weighted by molar-refractivity contribution is 5.79. The summed E-state index contributed by atoms with van der Waals surface area (Å²) in [6.45, 7) is 3.89.